The number of amides is 1. The highest BCUT2D eigenvalue weighted by molar-refractivity contribution is 5.68. The molecule has 5 nitrogen and oxygen atoms in total. The van der Waals surface area contributed by atoms with E-state index in [4.69, 9.17) is 9.47 Å². The molecule has 0 aromatic carbocycles. The first-order chi connectivity index (χ1) is 10.0. The molecular weight excluding hydrogens is 280 g/mol. The molecule has 22 heavy (non-hydrogen) atoms. The second-order valence-corrected chi connectivity index (χ2v) is 8.06. The fourth-order valence-corrected chi connectivity index (χ4v) is 2.75. The molecule has 130 valence electrons. The van der Waals surface area contributed by atoms with Gasteiger partial charge in [0.05, 0.1) is 5.60 Å². The highest BCUT2D eigenvalue weighted by atomic mass is 16.6. The maximum absolute atomic E-state index is 12.0. The lowest BCUT2D eigenvalue weighted by molar-refractivity contribution is 0.00833. The highest BCUT2D eigenvalue weighted by Crippen LogP contribution is 2.20. The van der Waals surface area contributed by atoms with Crippen LogP contribution in [-0.4, -0.2) is 55.0 Å². The van der Waals surface area contributed by atoms with Crippen molar-refractivity contribution in [1.29, 1.82) is 0 Å². The van der Waals surface area contributed by atoms with E-state index in [1.54, 1.807) is 7.11 Å². The maximum atomic E-state index is 12.0. The predicted molar refractivity (Wildman–Crippen MR) is 89.1 cm³/mol. The molecule has 0 aromatic rings. The summed E-state index contributed by atoms with van der Waals surface area (Å²) in [5, 5.41) is 3.56. The van der Waals surface area contributed by atoms with Crippen molar-refractivity contribution in [1.82, 2.24) is 10.2 Å². The van der Waals surface area contributed by atoms with Crippen molar-refractivity contribution in [2.45, 2.75) is 71.6 Å². The Balaban J connectivity index is 2.31. The number of methoxy groups -OCH3 is 1. The smallest absolute Gasteiger partial charge is 0.410 e. The molecule has 0 spiro atoms. The molecule has 1 aliphatic rings. The quantitative estimate of drug-likeness (QED) is 0.819. The Hall–Kier alpha value is -0.810. The molecule has 1 heterocycles. The third-order valence-corrected chi connectivity index (χ3v) is 4.04. The summed E-state index contributed by atoms with van der Waals surface area (Å²) in [6.45, 7) is 14.6. The molecule has 5 heteroatoms. The van der Waals surface area contributed by atoms with E-state index in [2.05, 4.69) is 26.1 Å². The van der Waals surface area contributed by atoms with E-state index in [1.165, 1.54) is 0 Å². The van der Waals surface area contributed by atoms with Crippen molar-refractivity contribution in [3.63, 3.8) is 0 Å². The van der Waals surface area contributed by atoms with E-state index in [9.17, 15) is 4.79 Å². The molecule has 1 N–H and O–H groups in total. The molecule has 0 saturated carbocycles. The van der Waals surface area contributed by atoms with Crippen LogP contribution in [0.1, 0.15) is 54.4 Å². The van der Waals surface area contributed by atoms with Crippen LogP contribution in [0.2, 0.25) is 0 Å². The monoisotopic (exact) mass is 314 g/mol. The van der Waals surface area contributed by atoms with E-state index in [0.717, 1.165) is 32.5 Å². The Labute approximate surface area is 135 Å². The van der Waals surface area contributed by atoms with Crippen LogP contribution in [0.4, 0.5) is 4.79 Å². The van der Waals surface area contributed by atoms with Gasteiger partial charge in [-0.2, -0.15) is 0 Å². The van der Waals surface area contributed by atoms with Gasteiger partial charge in [0.25, 0.3) is 0 Å². The summed E-state index contributed by atoms with van der Waals surface area (Å²) in [6, 6.07) is 0.394. The molecule has 0 aromatic heterocycles. The molecule has 1 fully saturated rings. The lowest BCUT2D eigenvalue weighted by Crippen LogP contribution is -2.39. The Morgan fingerprint density at radius 1 is 1.32 bits per heavy atom. The summed E-state index contributed by atoms with van der Waals surface area (Å²) in [5.41, 5.74) is -0.529. The molecule has 2 unspecified atom stereocenters. The number of nitrogens with zero attached hydrogens (tertiary/aromatic N) is 1. The van der Waals surface area contributed by atoms with Gasteiger partial charge in [-0.3, -0.25) is 0 Å². The van der Waals surface area contributed by atoms with Crippen molar-refractivity contribution in [2.75, 3.05) is 26.7 Å². The van der Waals surface area contributed by atoms with Gasteiger partial charge in [-0.25, -0.2) is 4.79 Å². The van der Waals surface area contributed by atoms with Crippen LogP contribution in [0, 0.1) is 5.92 Å². The summed E-state index contributed by atoms with van der Waals surface area (Å²) in [6.07, 6.45) is 1.81. The minimum Gasteiger partial charge on any atom is -0.444 e. The van der Waals surface area contributed by atoms with Gasteiger partial charge in [0.2, 0.25) is 0 Å². The topological polar surface area (TPSA) is 50.8 Å². The minimum absolute atomic E-state index is 0.107. The molecule has 1 amide bonds. The van der Waals surface area contributed by atoms with Crippen LogP contribution >= 0.6 is 0 Å². The molecule has 2 atom stereocenters. The molecule has 0 bridgehead atoms. The number of nitrogens with one attached hydrogen (secondary N) is 1. The lowest BCUT2D eigenvalue weighted by atomic mass is 9.99. The second kappa shape index (κ2) is 7.64. The molecule has 1 saturated heterocycles. The molecular formula is C17H34N2O3. The summed E-state index contributed by atoms with van der Waals surface area (Å²) in [4.78, 5) is 13.9. The zero-order valence-corrected chi connectivity index (χ0v) is 15.4. The van der Waals surface area contributed by atoms with Crippen molar-refractivity contribution in [2.24, 2.45) is 5.92 Å². The van der Waals surface area contributed by atoms with Crippen LogP contribution in [0.15, 0.2) is 0 Å². The van der Waals surface area contributed by atoms with Gasteiger partial charge in [0.1, 0.15) is 5.60 Å². The lowest BCUT2D eigenvalue weighted by Gasteiger charge is -2.28. The predicted octanol–water partition coefficient (Wildman–Crippen LogP) is 3.04. The number of rotatable bonds is 6. The number of hydrogen-bond donors (Lipinski definition) is 1. The first kappa shape index (κ1) is 19.2. The highest BCUT2D eigenvalue weighted by Gasteiger charge is 2.30. The van der Waals surface area contributed by atoms with Crippen LogP contribution in [0.5, 0.6) is 0 Å². The van der Waals surface area contributed by atoms with Gasteiger partial charge in [0, 0.05) is 26.2 Å². The van der Waals surface area contributed by atoms with E-state index in [-0.39, 0.29) is 11.7 Å². The Kier molecular flexibility index (Phi) is 6.68. The number of ether oxygens (including phenoxy) is 2. The standard InChI is InChI=1S/C17H34N2O3/c1-13(10-17(5,6)21-7)18-11-14-8-9-19(12-14)15(20)22-16(2,3)4/h13-14,18H,8-12H2,1-7H3. The van der Waals surface area contributed by atoms with Gasteiger partial charge in [-0.15, -0.1) is 0 Å². The van der Waals surface area contributed by atoms with Crippen molar-refractivity contribution in [3.8, 4) is 0 Å². The second-order valence-electron chi connectivity index (χ2n) is 8.06. The van der Waals surface area contributed by atoms with Gasteiger partial charge in [0.15, 0.2) is 0 Å². The van der Waals surface area contributed by atoms with Crippen LogP contribution < -0.4 is 5.32 Å². The zero-order chi connectivity index (χ0) is 17.0. The SMILES string of the molecule is COC(C)(C)CC(C)NCC1CCN(C(=O)OC(C)(C)C)C1. The average molecular weight is 314 g/mol. The molecule has 0 aliphatic carbocycles. The Morgan fingerprint density at radius 3 is 2.50 bits per heavy atom. The van der Waals surface area contributed by atoms with Gasteiger partial charge >= 0.3 is 6.09 Å². The van der Waals surface area contributed by atoms with Crippen molar-refractivity contribution < 1.29 is 14.3 Å². The fraction of sp³-hybridized carbons (Fsp3) is 0.941. The van der Waals surface area contributed by atoms with E-state index in [0.29, 0.717) is 12.0 Å². The summed E-state index contributed by atoms with van der Waals surface area (Å²) < 4.78 is 10.9. The van der Waals surface area contributed by atoms with Crippen LogP contribution in [-0.2, 0) is 9.47 Å². The number of hydrogen-bond acceptors (Lipinski definition) is 4. The van der Waals surface area contributed by atoms with Crippen LogP contribution in [0.3, 0.4) is 0 Å². The Bertz CT molecular complexity index is 363. The first-order valence-electron chi connectivity index (χ1n) is 8.29. The van der Waals surface area contributed by atoms with E-state index >= 15 is 0 Å². The minimum atomic E-state index is -0.423. The van der Waals surface area contributed by atoms with E-state index < -0.39 is 5.60 Å². The summed E-state index contributed by atoms with van der Waals surface area (Å²) in [5.74, 6) is 0.501. The van der Waals surface area contributed by atoms with Crippen molar-refractivity contribution >= 4 is 6.09 Å². The van der Waals surface area contributed by atoms with Gasteiger partial charge < -0.3 is 19.7 Å². The molecule has 1 rings (SSSR count). The first-order valence-corrected chi connectivity index (χ1v) is 8.29. The maximum Gasteiger partial charge on any atom is 0.410 e. The third kappa shape index (κ3) is 6.97. The number of carbonyl (C=O) groups excluding carboxylic acids is 1. The number of likely N-dealkylation sites (tertiary alicyclic amines) is 1. The average Bonchev–Trinajstić information content (AvgIpc) is 2.83. The number of carbonyl (C=O) groups is 1. The summed E-state index contributed by atoms with van der Waals surface area (Å²) in [7, 11) is 1.75. The van der Waals surface area contributed by atoms with Crippen molar-refractivity contribution in [3.05, 3.63) is 0 Å². The molecule has 0 radical (unpaired) electrons. The normalized spacial score (nSPS) is 21.0. The fourth-order valence-electron chi connectivity index (χ4n) is 2.75. The third-order valence-electron chi connectivity index (χ3n) is 4.04. The van der Waals surface area contributed by atoms with E-state index in [1.807, 2.05) is 25.7 Å². The Morgan fingerprint density at radius 2 is 1.95 bits per heavy atom. The largest absolute Gasteiger partial charge is 0.444 e. The zero-order valence-electron chi connectivity index (χ0n) is 15.4. The summed E-state index contributed by atoms with van der Waals surface area (Å²) >= 11 is 0. The van der Waals surface area contributed by atoms with Gasteiger partial charge in [-0.1, -0.05) is 0 Å². The molecule has 1 aliphatic heterocycles. The van der Waals surface area contributed by atoms with Crippen LogP contribution in [0.25, 0.3) is 0 Å². The van der Waals surface area contributed by atoms with Gasteiger partial charge in [-0.05, 0) is 66.8 Å².